The minimum Gasteiger partial charge on any atom is -0.464 e. The average molecular weight is 367 g/mol. The molecule has 4 N–H and O–H groups in total. The van der Waals surface area contributed by atoms with Crippen molar-refractivity contribution in [2.75, 3.05) is 24.6 Å². The molecule has 0 radical (unpaired) electrons. The van der Waals surface area contributed by atoms with Gasteiger partial charge in [-0.3, -0.25) is 4.79 Å². The summed E-state index contributed by atoms with van der Waals surface area (Å²) in [5.41, 5.74) is 13.4. The Morgan fingerprint density at radius 2 is 2.08 bits per heavy atom. The third-order valence-corrected chi connectivity index (χ3v) is 5.71. The van der Waals surface area contributed by atoms with Crippen LogP contribution in [0.1, 0.15) is 34.5 Å². The van der Waals surface area contributed by atoms with Crippen LogP contribution < -0.4 is 11.5 Å². The molecule has 8 heteroatoms. The number of fused-ring (bicyclic) bond motifs is 1. The molecule has 1 amide bonds. The van der Waals surface area contributed by atoms with Crippen molar-refractivity contribution in [1.82, 2.24) is 9.88 Å². The summed E-state index contributed by atoms with van der Waals surface area (Å²) in [6.07, 6.45) is 4.65. The van der Waals surface area contributed by atoms with E-state index in [-0.39, 0.29) is 17.3 Å². The van der Waals surface area contributed by atoms with Crippen molar-refractivity contribution in [3.05, 3.63) is 28.8 Å². The van der Waals surface area contributed by atoms with Crippen LogP contribution in [0.2, 0.25) is 0 Å². The van der Waals surface area contributed by atoms with Gasteiger partial charge in [-0.05, 0) is 31.4 Å². The van der Waals surface area contributed by atoms with Crippen LogP contribution >= 0.6 is 11.3 Å². The van der Waals surface area contributed by atoms with Gasteiger partial charge in [-0.15, -0.1) is 11.3 Å². The van der Waals surface area contributed by atoms with E-state index in [2.05, 4.69) is 11.1 Å². The molecule has 3 aromatic rings. The lowest BCUT2D eigenvalue weighted by molar-refractivity contribution is 0.0730. The molecule has 1 aliphatic heterocycles. The number of nitrogen functional groups attached to an aromatic ring is 2. The predicted molar refractivity (Wildman–Crippen MR) is 101 cm³/mol. The molecule has 0 saturated carbocycles. The number of likely N-dealkylation sites (tertiary alicyclic amines) is 1. The summed E-state index contributed by atoms with van der Waals surface area (Å²) in [6.45, 7) is 1.47. The molecule has 1 saturated heterocycles. The van der Waals surface area contributed by atoms with Gasteiger partial charge in [0.05, 0.1) is 17.5 Å². The van der Waals surface area contributed by atoms with Crippen LogP contribution in [0.15, 0.2) is 22.8 Å². The second-order valence-electron chi connectivity index (χ2n) is 6.21. The Balaban J connectivity index is 1.94. The van der Waals surface area contributed by atoms with Crippen molar-refractivity contribution >= 4 is 39.0 Å². The highest BCUT2D eigenvalue weighted by molar-refractivity contribution is 7.21. The van der Waals surface area contributed by atoms with Crippen LogP contribution in [-0.2, 0) is 0 Å². The summed E-state index contributed by atoms with van der Waals surface area (Å²) in [5, 5.41) is 10.1. The molecule has 0 bridgehead atoms. The van der Waals surface area contributed by atoms with Gasteiger partial charge in [-0.25, -0.2) is 4.98 Å². The zero-order valence-corrected chi connectivity index (χ0v) is 14.8. The Morgan fingerprint density at radius 3 is 2.73 bits per heavy atom. The molecule has 0 aromatic carbocycles. The number of nitrogens with zero attached hydrogens (tertiary/aromatic N) is 3. The highest BCUT2D eigenvalue weighted by Crippen LogP contribution is 2.43. The first-order valence-electron chi connectivity index (χ1n) is 8.36. The normalized spacial score (nSPS) is 14.5. The van der Waals surface area contributed by atoms with E-state index in [9.17, 15) is 10.1 Å². The molecule has 4 rings (SSSR count). The molecule has 3 aromatic heterocycles. The molecule has 0 unspecified atom stereocenters. The fourth-order valence-electron chi connectivity index (χ4n) is 3.35. The Kier molecular flexibility index (Phi) is 4.01. The fraction of sp³-hybridized carbons (Fsp3) is 0.278. The standard InChI is InChI=1S/C18H17N5O2S/c19-9-10-12(11-5-4-8-25-11)13-14(20)15(26-17(13)22-16(10)21)18(24)23-6-2-1-3-7-23/h4-5,8H,1-3,6-7,20H2,(H2,21,22). The van der Waals surface area contributed by atoms with E-state index >= 15 is 0 Å². The lowest BCUT2D eigenvalue weighted by atomic mass is 10.0. The van der Waals surface area contributed by atoms with Crippen molar-refractivity contribution in [3.63, 3.8) is 0 Å². The van der Waals surface area contributed by atoms with Crippen molar-refractivity contribution < 1.29 is 9.21 Å². The van der Waals surface area contributed by atoms with Gasteiger partial charge in [0, 0.05) is 18.5 Å². The fourth-order valence-corrected chi connectivity index (χ4v) is 4.43. The van der Waals surface area contributed by atoms with Gasteiger partial charge in [-0.2, -0.15) is 5.26 Å². The van der Waals surface area contributed by atoms with E-state index in [1.54, 1.807) is 12.1 Å². The van der Waals surface area contributed by atoms with E-state index in [4.69, 9.17) is 15.9 Å². The second kappa shape index (κ2) is 6.35. The third kappa shape index (κ3) is 2.48. The Bertz CT molecular complexity index is 1030. The predicted octanol–water partition coefficient (Wildman–Crippen LogP) is 3.22. The lowest BCUT2D eigenvalue weighted by Crippen LogP contribution is -2.35. The molecule has 132 valence electrons. The number of hydrogen-bond acceptors (Lipinski definition) is 7. The molecule has 26 heavy (non-hydrogen) atoms. The molecular formula is C18H17N5O2S. The molecular weight excluding hydrogens is 350 g/mol. The quantitative estimate of drug-likeness (QED) is 0.717. The molecule has 0 aliphatic carbocycles. The number of furan rings is 1. The number of carbonyl (C=O) groups is 1. The summed E-state index contributed by atoms with van der Waals surface area (Å²) in [4.78, 5) is 20.0. The average Bonchev–Trinajstić information content (AvgIpc) is 3.29. The number of rotatable bonds is 2. The van der Waals surface area contributed by atoms with Gasteiger partial charge in [0.1, 0.15) is 32.9 Å². The van der Waals surface area contributed by atoms with E-state index in [0.29, 0.717) is 32.1 Å². The highest BCUT2D eigenvalue weighted by Gasteiger charge is 2.28. The summed E-state index contributed by atoms with van der Waals surface area (Å²) >= 11 is 1.21. The largest absolute Gasteiger partial charge is 0.464 e. The summed E-state index contributed by atoms with van der Waals surface area (Å²) in [5.74, 6) is 0.486. The third-order valence-electron chi connectivity index (χ3n) is 4.62. The van der Waals surface area contributed by atoms with E-state index in [1.807, 2.05) is 4.90 Å². The lowest BCUT2D eigenvalue weighted by Gasteiger charge is -2.26. The number of nitrogens with two attached hydrogens (primary N) is 2. The molecule has 0 spiro atoms. The zero-order valence-electron chi connectivity index (χ0n) is 14.0. The van der Waals surface area contributed by atoms with Gasteiger partial charge in [0.15, 0.2) is 0 Å². The van der Waals surface area contributed by atoms with Crippen LogP contribution in [0.25, 0.3) is 21.5 Å². The number of anilines is 2. The minimum absolute atomic E-state index is 0.0901. The van der Waals surface area contributed by atoms with Gasteiger partial charge >= 0.3 is 0 Å². The Hall–Kier alpha value is -3.05. The van der Waals surface area contributed by atoms with Crippen molar-refractivity contribution in [2.45, 2.75) is 19.3 Å². The van der Waals surface area contributed by atoms with Crippen LogP contribution in [0.4, 0.5) is 11.5 Å². The molecule has 0 atom stereocenters. The first-order valence-corrected chi connectivity index (χ1v) is 9.18. The van der Waals surface area contributed by atoms with E-state index < -0.39 is 0 Å². The monoisotopic (exact) mass is 367 g/mol. The summed E-state index contributed by atoms with van der Waals surface area (Å²) in [7, 11) is 0. The maximum absolute atomic E-state index is 12.9. The van der Waals surface area contributed by atoms with Crippen LogP contribution in [-0.4, -0.2) is 28.9 Å². The van der Waals surface area contributed by atoms with Gasteiger partial charge in [0.25, 0.3) is 5.91 Å². The van der Waals surface area contributed by atoms with Crippen molar-refractivity contribution in [2.24, 2.45) is 0 Å². The van der Waals surface area contributed by atoms with E-state index in [1.165, 1.54) is 17.6 Å². The SMILES string of the molecule is N#Cc1c(N)nc2sc(C(=O)N3CCCCC3)c(N)c2c1-c1ccco1. The van der Waals surface area contributed by atoms with E-state index in [0.717, 1.165) is 32.4 Å². The topological polar surface area (TPSA) is 122 Å². The van der Waals surface area contributed by atoms with Crippen molar-refractivity contribution in [1.29, 1.82) is 5.26 Å². The summed E-state index contributed by atoms with van der Waals surface area (Å²) < 4.78 is 5.49. The molecule has 4 heterocycles. The molecule has 7 nitrogen and oxygen atoms in total. The first-order chi connectivity index (χ1) is 12.6. The Morgan fingerprint density at radius 1 is 1.31 bits per heavy atom. The first kappa shape index (κ1) is 16.4. The van der Waals surface area contributed by atoms with Crippen LogP contribution in [0.3, 0.4) is 0 Å². The number of hydrogen-bond donors (Lipinski definition) is 2. The number of carbonyl (C=O) groups excluding carboxylic acids is 1. The van der Waals surface area contributed by atoms with Crippen LogP contribution in [0, 0.1) is 11.3 Å². The number of piperidine rings is 1. The number of aromatic nitrogens is 1. The van der Waals surface area contributed by atoms with Crippen molar-refractivity contribution in [3.8, 4) is 17.4 Å². The van der Waals surface area contributed by atoms with Gasteiger partial charge < -0.3 is 20.8 Å². The maximum atomic E-state index is 12.9. The second-order valence-corrected chi connectivity index (χ2v) is 7.21. The number of pyridine rings is 1. The minimum atomic E-state index is -0.0901. The smallest absolute Gasteiger partial charge is 0.266 e. The molecule has 1 fully saturated rings. The Labute approximate surface area is 153 Å². The number of thiophene rings is 1. The number of amides is 1. The highest BCUT2D eigenvalue weighted by atomic mass is 32.1. The number of nitriles is 1. The van der Waals surface area contributed by atoms with Gasteiger partial charge in [-0.1, -0.05) is 0 Å². The maximum Gasteiger partial charge on any atom is 0.266 e. The van der Waals surface area contributed by atoms with Gasteiger partial charge in [0.2, 0.25) is 0 Å². The van der Waals surface area contributed by atoms with Crippen LogP contribution in [0.5, 0.6) is 0 Å². The summed E-state index contributed by atoms with van der Waals surface area (Å²) in [6, 6.07) is 5.54. The zero-order chi connectivity index (χ0) is 18.3. The molecule has 1 aliphatic rings.